The van der Waals surface area contributed by atoms with Gasteiger partial charge < -0.3 is 30.2 Å². The number of benzene rings is 2. The molecule has 0 saturated heterocycles. The Morgan fingerprint density at radius 2 is 1.85 bits per heavy atom. The summed E-state index contributed by atoms with van der Waals surface area (Å²) in [5.74, 6) is 1.56. The van der Waals surface area contributed by atoms with Gasteiger partial charge in [-0.25, -0.2) is 9.78 Å². The molecule has 0 saturated carbocycles. The maximum absolute atomic E-state index is 10.5. The summed E-state index contributed by atoms with van der Waals surface area (Å²) in [6.45, 7) is 4.76. The van der Waals surface area contributed by atoms with E-state index in [1.807, 2.05) is 24.3 Å². The minimum atomic E-state index is -0.561. The van der Waals surface area contributed by atoms with Crippen LogP contribution in [-0.2, 0) is 27.2 Å². The normalized spacial score (nSPS) is 15.3. The predicted molar refractivity (Wildman–Crippen MR) is 150 cm³/mol. The minimum absolute atomic E-state index is 0.148. The van der Waals surface area contributed by atoms with E-state index in [9.17, 15) is 4.79 Å². The van der Waals surface area contributed by atoms with Gasteiger partial charge in [-0.3, -0.25) is 5.10 Å². The van der Waals surface area contributed by atoms with E-state index in [0.29, 0.717) is 68.5 Å². The lowest BCUT2D eigenvalue weighted by Crippen LogP contribution is -2.32. The number of primary amides is 1. The summed E-state index contributed by atoms with van der Waals surface area (Å²) in [6, 6.07) is 11.6. The third-order valence-electron chi connectivity index (χ3n) is 6.34. The number of aromatic amines is 1. The van der Waals surface area contributed by atoms with Gasteiger partial charge in [-0.1, -0.05) is 41.4 Å². The highest BCUT2D eigenvalue weighted by molar-refractivity contribution is 6.35. The van der Waals surface area contributed by atoms with Crippen molar-refractivity contribution in [3.63, 3.8) is 0 Å². The van der Waals surface area contributed by atoms with Gasteiger partial charge in [-0.05, 0) is 41.9 Å². The molecule has 10 nitrogen and oxygen atoms in total. The van der Waals surface area contributed by atoms with Crippen molar-refractivity contribution in [1.29, 1.82) is 0 Å². The van der Waals surface area contributed by atoms with Crippen molar-refractivity contribution in [3.05, 3.63) is 69.0 Å². The van der Waals surface area contributed by atoms with Gasteiger partial charge in [-0.15, -0.1) is 0 Å². The Hall–Kier alpha value is -2.73. The Morgan fingerprint density at radius 1 is 1.10 bits per heavy atom. The van der Waals surface area contributed by atoms with E-state index >= 15 is 0 Å². The molecule has 2 heterocycles. The molecule has 0 bridgehead atoms. The first kappa shape index (κ1) is 29.3. The summed E-state index contributed by atoms with van der Waals surface area (Å²) in [6.07, 6.45) is 0.612. The fourth-order valence-electron chi connectivity index (χ4n) is 4.52. The largest absolute Gasteiger partial charge is 0.379 e. The quantitative estimate of drug-likeness (QED) is 0.250. The van der Waals surface area contributed by atoms with Gasteiger partial charge in [0.05, 0.1) is 39.6 Å². The van der Waals surface area contributed by atoms with Crippen LogP contribution in [0.4, 0.5) is 4.79 Å². The van der Waals surface area contributed by atoms with E-state index in [-0.39, 0.29) is 5.92 Å². The highest BCUT2D eigenvalue weighted by Gasteiger charge is 2.27. The van der Waals surface area contributed by atoms with Gasteiger partial charge in [0.2, 0.25) is 0 Å². The number of hydrogen-bond acceptors (Lipinski definition) is 7. The van der Waals surface area contributed by atoms with Crippen molar-refractivity contribution in [3.8, 4) is 11.4 Å². The molecule has 2 aromatic carbocycles. The first-order valence-electron chi connectivity index (χ1n) is 12.8. The Labute approximate surface area is 238 Å². The van der Waals surface area contributed by atoms with Crippen molar-refractivity contribution in [2.75, 3.05) is 59.8 Å². The fourth-order valence-corrected chi connectivity index (χ4v) is 5.09. The van der Waals surface area contributed by atoms with Gasteiger partial charge in [0.15, 0.2) is 5.82 Å². The third-order valence-corrected chi connectivity index (χ3v) is 6.90. The fraction of sp³-hybridized carbons (Fsp3) is 0.444. The smallest absolute Gasteiger partial charge is 0.312 e. The highest BCUT2D eigenvalue weighted by atomic mass is 35.5. The van der Waals surface area contributed by atoms with Crippen LogP contribution in [-0.4, -0.2) is 85.9 Å². The van der Waals surface area contributed by atoms with Crippen LogP contribution in [0.3, 0.4) is 0 Å². The molecular weight excluding hydrogens is 543 g/mol. The maximum atomic E-state index is 10.5. The zero-order valence-corrected chi connectivity index (χ0v) is 23.4. The molecule has 4 N–H and O–H groups in total. The van der Waals surface area contributed by atoms with Crippen molar-refractivity contribution in [2.45, 2.75) is 18.9 Å². The summed E-state index contributed by atoms with van der Waals surface area (Å²) >= 11 is 12.9. The molecule has 3 aromatic rings. The van der Waals surface area contributed by atoms with Crippen LogP contribution < -0.4 is 11.1 Å². The van der Waals surface area contributed by atoms with Gasteiger partial charge in [0.1, 0.15) is 5.82 Å². The number of fused-ring (bicyclic) bond motifs is 1. The van der Waals surface area contributed by atoms with Gasteiger partial charge in [0, 0.05) is 47.6 Å². The van der Waals surface area contributed by atoms with E-state index in [4.69, 9.17) is 43.1 Å². The number of halogens is 2. The van der Waals surface area contributed by atoms with Crippen LogP contribution in [0.1, 0.15) is 28.4 Å². The van der Waals surface area contributed by atoms with Crippen LogP contribution in [0.15, 0.2) is 36.4 Å². The van der Waals surface area contributed by atoms with Gasteiger partial charge >= 0.3 is 6.03 Å². The van der Waals surface area contributed by atoms with Crippen LogP contribution in [0, 0.1) is 0 Å². The van der Waals surface area contributed by atoms with Crippen LogP contribution >= 0.6 is 23.2 Å². The number of nitrogens with two attached hydrogens (primary N) is 1. The van der Waals surface area contributed by atoms with Crippen LogP contribution in [0.5, 0.6) is 0 Å². The number of aromatic nitrogens is 3. The topological polar surface area (TPSA) is 128 Å². The average Bonchev–Trinajstić information content (AvgIpc) is 3.38. The van der Waals surface area contributed by atoms with E-state index in [1.165, 1.54) is 11.1 Å². The number of ether oxygens (including phenoxy) is 3. The number of hydrogen-bond donors (Lipinski definition) is 3. The monoisotopic (exact) mass is 576 g/mol. The number of urea groups is 1. The third kappa shape index (κ3) is 8.63. The molecular formula is C27H34Cl2N6O4. The summed E-state index contributed by atoms with van der Waals surface area (Å²) in [5.41, 5.74) is 9.38. The Morgan fingerprint density at radius 3 is 2.62 bits per heavy atom. The Bertz CT molecular complexity index is 1240. The second kappa shape index (κ2) is 14.6. The lowest BCUT2D eigenvalue weighted by atomic mass is 9.84. The molecule has 1 aromatic heterocycles. The van der Waals surface area contributed by atoms with Crippen molar-refractivity contribution >= 4 is 29.2 Å². The van der Waals surface area contributed by atoms with Gasteiger partial charge in [0.25, 0.3) is 0 Å². The number of carbonyl (C=O) groups is 1. The molecule has 4 rings (SSSR count). The SMILES string of the molecule is CN1Cc2c(Cl)cc(Cl)cc2[C@H](c2cccc(-c3n[nH]c(CCOCCOCCOCCNC(N)=O)n3)c2)C1. The molecule has 1 aliphatic rings. The van der Waals surface area contributed by atoms with Crippen molar-refractivity contribution < 1.29 is 19.0 Å². The number of nitrogens with one attached hydrogen (secondary N) is 2. The average molecular weight is 578 g/mol. The van der Waals surface area contributed by atoms with Crippen molar-refractivity contribution in [1.82, 2.24) is 25.4 Å². The zero-order chi connectivity index (χ0) is 27.6. The first-order chi connectivity index (χ1) is 18.9. The molecule has 0 aliphatic carbocycles. The maximum Gasteiger partial charge on any atom is 0.312 e. The number of carbonyl (C=O) groups excluding carboxylic acids is 1. The van der Waals surface area contributed by atoms with Crippen molar-refractivity contribution in [2.24, 2.45) is 5.73 Å². The molecule has 1 atom stereocenters. The molecule has 0 unspecified atom stereocenters. The Balaban J connectivity index is 1.23. The van der Waals surface area contributed by atoms with Crippen LogP contribution in [0.25, 0.3) is 11.4 Å². The van der Waals surface area contributed by atoms with E-state index in [0.717, 1.165) is 30.0 Å². The molecule has 2 amide bonds. The second-order valence-electron chi connectivity index (χ2n) is 9.31. The zero-order valence-electron chi connectivity index (χ0n) is 21.9. The number of likely N-dealkylation sites (N-methyl/N-ethyl adjacent to an activating group) is 1. The number of amides is 2. The van der Waals surface area contributed by atoms with E-state index in [2.05, 4.69) is 44.6 Å². The number of rotatable bonds is 14. The summed E-state index contributed by atoms with van der Waals surface area (Å²) in [4.78, 5) is 17.5. The number of nitrogens with zero attached hydrogens (tertiary/aromatic N) is 3. The van der Waals surface area contributed by atoms with E-state index < -0.39 is 6.03 Å². The standard InChI is InChI=1S/C27H34Cl2N6O4/c1-35-16-22(21-14-20(28)15-24(29)23(21)17-35)18-3-2-4-19(13-18)26-32-25(33-34-26)5-7-37-9-11-39-12-10-38-8-6-31-27(30)36/h2-4,13-15,22H,5-12,16-17H2,1H3,(H3,30,31,36)(H,32,33,34)/t22-/m0/s1. The van der Waals surface area contributed by atoms with Gasteiger partial charge in [-0.2, -0.15) is 5.10 Å². The molecule has 39 heavy (non-hydrogen) atoms. The minimum Gasteiger partial charge on any atom is -0.379 e. The molecule has 0 fully saturated rings. The molecule has 210 valence electrons. The molecule has 0 spiro atoms. The summed E-state index contributed by atoms with van der Waals surface area (Å²) < 4.78 is 16.4. The summed E-state index contributed by atoms with van der Waals surface area (Å²) in [7, 11) is 2.10. The first-order valence-corrected chi connectivity index (χ1v) is 13.6. The molecule has 0 radical (unpaired) electrons. The lowest BCUT2D eigenvalue weighted by molar-refractivity contribution is 0.0158. The molecule has 1 aliphatic heterocycles. The highest BCUT2D eigenvalue weighted by Crippen LogP contribution is 2.39. The van der Waals surface area contributed by atoms with Crippen LogP contribution in [0.2, 0.25) is 10.0 Å². The number of H-pyrrole nitrogens is 1. The second-order valence-corrected chi connectivity index (χ2v) is 10.2. The molecule has 12 heteroatoms. The predicted octanol–water partition coefficient (Wildman–Crippen LogP) is 3.62. The summed E-state index contributed by atoms with van der Waals surface area (Å²) in [5, 5.41) is 11.3. The Kier molecular flexibility index (Phi) is 11.0. The lowest BCUT2D eigenvalue weighted by Gasteiger charge is -2.33. The van der Waals surface area contributed by atoms with E-state index in [1.54, 1.807) is 0 Å².